The van der Waals surface area contributed by atoms with Crippen LogP contribution in [-0.4, -0.2) is 38.9 Å². The van der Waals surface area contributed by atoms with Gasteiger partial charge in [0.05, 0.1) is 25.5 Å². The Balaban J connectivity index is 1.35. The number of nitrogens with zero attached hydrogens (tertiary/aromatic N) is 1. The number of halogens is 1. The molecule has 0 spiro atoms. The van der Waals surface area contributed by atoms with E-state index in [9.17, 15) is 9.59 Å². The lowest BCUT2D eigenvalue weighted by atomic mass is 10.2. The number of amides is 2. The highest BCUT2D eigenvalue weighted by Crippen LogP contribution is 2.36. The molecular weight excluding hydrogens is 558 g/mol. The van der Waals surface area contributed by atoms with Gasteiger partial charge in [0, 0.05) is 11.3 Å². The van der Waals surface area contributed by atoms with Crippen LogP contribution in [0.15, 0.2) is 90.0 Å². The number of methoxy groups -OCH3 is 2. The van der Waals surface area contributed by atoms with Crippen LogP contribution in [0.5, 0.6) is 23.0 Å². The molecule has 0 aliphatic heterocycles. The average molecular weight is 588 g/mol. The zero-order chi connectivity index (χ0) is 29.9. The topological polar surface area (TPSA) is 107 Å². The number of carbonyl (C=O) groups excluding carboxylic acids is 2. The molecule has 2 amide bonds. The van der Waals surface area contributed by atoms with Gasteiger partial charge in [-0.25, -0.2) is 5.43 Å². The SMILES string of the molecule is COc1cc(C(=O)N/N=C/c2cc(Cl)c(OCC(=O)Nc3cccc(C)c3)c(OC)c2)ccc1OCc1ccccc1. The molecule has 0 heterocycles. The lowest BCUT2D eigenvalue weighted by Crippen LogP contribution is -2.20. The first-order chi connectivity index (χ1) is 20.4. The van der Waals surface area contributed by atoms with Crippen molar-refractivity contribution in [3.05, 3.63) is 112 Å². The maximum absolute atomic E-state index is 12.7. The number of anilines is 1. The molecule has 2 N–H and O–H groups in total. The van der Waals surface area contributed by atoms with Gasteiger partial charge in [-0.15, -0.1) is 0 Å². The first-order valence-corrected chi connectivity index (χ1v) is 13.3. The average Bonchev–Trinajstić information content (AvgIpc) is 2.99. The molecule has 0 aromatic heterocycles. The first-order valence-electron chi connectivity index (χ1n) is 12.9. The molecule has 4 rings (SSSR count). The smallest absolute Gasteiger partial charge is 0.271 e. The minimum Gasteiger partial charge on any atom is -0.493 e. The fraction of sp³-hybridized carbons (Fsp3) is 0.156. The molecule has 0 unspecified atom stereocenters. The number of hydrazone groups is 1. The van der Waals surface area contributed by atoms with Crippen LogP contribution in [-0.2, 0) is 11.4 Å². The highest BCUT2D eigenvalue weighted by molar-refractivity contribution is 6.32. The second-order valence-electron chi connectivity index (χ2n) is 9.08. The molecule has 0 radical (unpaired) electrons. The maximum atomic E-state index is 12.7. The number of ether oxygens (including phenoxy) is 4. The molecule has 4 aromatic rings. The predicted molar refractivity (Wildman–Crippen MR) is 162 cm³/mol. The molecule has 0 aliphatic rings. The molecule has 0 fully saturated rings. The van der Waals surface area contributed by atoms with E-state index in [-0.39, 0.29) is 23.3 Å². The molecule has 216 valence electrons. The van der Waals surface area contributed by atoms with E-state index in [0.29, 0.717) is 40.7 Å². The Hall–Kier alpha value is -5.02. The molecule has 10 heteroatoms. The number of aryl methyl sites for hydroxylation is 1. The summed E-state index contributed by atoms with van der Waals surface area (Å²) in [6.45, 7) is 2.03. The summed E-state index contributed by atoms with van der Waals surface area (Å²) in [6.07, 6.45) is 1.41. The van der Waals surface area contributed by atoms with Crippen molar-refractivity contribution in [2.75, 3.05) is 26.1 Å². The lowest BCUT2D eigenvalue weighted by Gasteiger charge is -2.13. The number of hydrogen-bond donors (Lipinski definition) is 2. The monoisotopic (exact) mass is 587 g/mol. The Kier molecular flexibility index (Phi) is 10.4. The summed E-state index contributed by atoms with van der Waals surface area (Å²) in [7, 11) is 2.96. The van der Waals surface area contributed by atoms with Gasteiger partial charge in [0.2, 0.25) is 0 Å². The molecule has 0 aliphatic carbocycles. The summed E-state index contributed by atoms with van der Waals surface area (Å²) in [5.41, 5.74) is 6.05. The van der Waals surface area contributed by atoms with E-state index < -0.39 is 5.91 Å². The molecular formula is C32H30ClN3O6. The van der Waals surface area contributed by atoms with Crippen LogP contribution in [0.4, 0.5) is 5.69 Å². The molecule has 0 saturated heterocycles. The number of nitrogens with one attached hydrogen (secondary N) is 2. The van der Waals surface area contributed by atoms with Gasteiger partial charge in [0.15, 0.2) is 29.6 Å². The number of benzene rings is 4. The molecule has 42 heavy (non-hydrogen) atoms. The highest BCUT2D eigenvalue weighted by Gasteiger charge is 2.15. The Labute approximate surface area is 249 Å². The predicted octanol–water partition coefficient (Wildman–Crippen LogP) is 6.03. The first kappa shape index (κ1) is 30.0. The van der Waals surface area contributed by atoms with Crippen molar-refractivity contribution in [3.8, 4) is 23.0 Å². The summed E-state index contributed by atoms with van der Waals surface area (Å²) in [6, 6.07) is 25.2. The Morgan fingerprint density at radius 2 is 1.64 bits per heavy atom. The van der Waals surface area contributed by atoms with Crippen LogP contribution in [0, 0.1) is 6.92 Å². The van der Waals surface area contributed by atoms with Crippen molar-refractivity contribution in [2.45, 2.75) is 13.5 Å². The van der Waals surface area contributed by atoms with Crippen LogP contribution in [0.25, 0.3) is 0 Å². The fourth-order valence-electron chi connectivity index (χ4n) is 3.91. The minimum absolute atomic E-state index is 0.210. The van der Waals surface area contributed by atoms with Gasteiger partial charge in [-0.05, 0) is 66.1 Å². The third-order valence-electron chi connectivity index (χ3n) is 5.94. The highest BCUT2D eigenvalue weighted by atomic mass is 35.5. The fourth-order valence-corrected chi connectivity index (χ4v) is 4.18. The maximum Gasteiger partial charge on any atom is 0.271 e. The molecule has 0 bridgehead atoms. The molecule has 9 nitrogen and oxygen atoms in total. The summed E-state index contributed by atoms with van der Waals surface area (Å²) < 4.78 is 22.3. The van der Waals surface area contributed by atoms with Gasteiger partial charge >= 0.3 is 0 Å². The normalized spacial score (nSPS) is 10.7. The van der Waals surface area contributed by atoms with E-state index >= 15 is 0 Å². The Morgan fingerprint density at radius 3 is 2.38 bits per heavy atom. The quantitative estimate of drug-likeness (QED) is 0.155. The molecule has 0 saturated carbocycles. The van der Waals surface area contributed by atoms with Crippen molar-refractivity contribution in [1.29, 1.82) is 0 Å². The number of carbonyl (C=O) groups is 2. The van der Waals surface area contributed by atoms with Gasteiger partial charge in [0.25, 0.3) is 11.8 Å². The van der Waals surface area contributed by atoms with Gasteiger partial charge in [-0.2, -0.15) is 5.10 Å². The van der Waals surface area contributed by atoms with Crippen LogP contribution >= 0.6 is 11.6 Å². The molecule has 0 atom stereocenters. The van der Waals surface area contributed by atoms with Crippen LogP contribution < -0.4 is 29.7 Å². The summed E-state index contributed by atoms with van der Waals surface area (Å²) in [5.74, 6) is 0.646. The van der Waals surface area contributed by atoms with Gasteiger partial charge in [0.1, 0.15) is 6.61 Å². The van der Waals surface area contributed by atoms with E-state index in [2.05, 4.69) is 15.8 Å². The largest absolute Gasteiger partial charge is 0.493 e. The van der Waals surface area contributed by atoms with Gasteiger partial charge in [-0.3, -0.25) is 9.59 Å². The van der Waals surface area contributed by atoms with Gasteiger partial charge < -0.3 is 24.3 Å². The van der Waals surface area contributed by atoms with E-state index in [4.69, 9.17) is 30.5 Å². The summed E-state index contributed by atoms with van der Waals surface area (Å²) >= 11 is 6.42. The van der Waals surface area contributed by atoms with E-state index in [1.165, 1.54) is 20.4 Å². The molecule has 4 aromatic carbocycles. The lowest BCUT2D eigenvalue weighted by molar-refractivity contribution is -0.118. The standard InChI is InChI=1S/C32H30ClN3O6/c1-21-8-7-11-25(14-21)35-30(37)20-42-31-26(33)15-23(16-29(31)40-3)18-34-36-32(38)24-12-13-27(28(17-24)39-2)41-19-22-9-5-4-6-10-22/h4-18H,19-20H2,1-3H3,(H,35,37)(H,36,38)/b34-18+. The van der Waals surface area contributed by atoms with Crippen LogP contribution in [0.1, 0.15) is 27.0 Å². The Morgan fingerprint density at radius 1 is 0.857 bits per heavy atom. The second kappa shape index (κ2) is 14.6. The van der Waals surface area contributed by atoms with Crippen molar-refractivity contribution >= 4 is 35.3 Å². The van der Waals surface area contributed by atoms with E-state index in [1.54, 1.807) is 36.4 Å². The van der Waals surface area contributed by atoms with Crippen LogP contribution in [0.3, 0.4) is 0 Å². The third kappa shape index (κ3) is 8.25. The third-order valence-corrected chi connectivity index (χ3v) is 6.22. The van der Waals surface area contributed by atoms with Gasteiger partial charge in [-0.1, -0.05) is 54.1 Å². The minimum atomic E-state index is -0.447. The van der Waals surface area contributed by atoms with Crippen molar-refractivity contribution in [3.63, 3.8) is 0 Å². The van der Waals surface area contributed by atoms with E-state index in [0.717, 1.165) is 11.1 Å². The number of hydrogen-bond acceptors (Lipinski definition) is 7. The summed E-state index contributed by atoms with van der Waals surface area (Å²) in [5, 5.41) is 7.01. The summed E-state index contributed by atoms with van der Waals surface area (Å²) in [4.78, 5) is 25.1. The van der Waals surface area contributed by atoms with Crippen molar-refractivity contribution in [1.82, 2.24) is 5.43 Å². The van der Waals surface area contributed by atoms with Crippen molar-refractivity contribution in [2.24, 2.45) is 5.10 Å². The van der Waals surface area contributed by atoms with Crippen molar-refractivity contribution < 1.29 is 28.5 Å². The number of rotatable bonds is 12. The van der Waals surface area contributed by atoms with Crippen LogP contribution in [0.2, 0.25) is 5.02 Å². The zero-order valence-corrected chi connectivity index (χ0v) is 24.1. The second-order valence-corrected chi connectivity index (χ2v) is 9.49. The Bertz CT molecular complexity index is 1580. The zero-order valence-electron chi connectivity index (χ0n) is 23.3. The van der Waals surface area contributed by atoms with E-state index in [1.807, 2.05) is 55.5 Å².